The van der Waals surface area contributed by atoms with Gasteiger partial charge in [-0.15, -0.1) is 24.0 Å². The van der Waals surface area contributed by atoms with Gasteiger partial charge in [0.25, 0.3) is 0 Å². The largest absolute Gasteiger partial charge is 0.377 e. The minimum atomic E-state index is 0. The number of hydrogen-bond donors (Lipinski definition) is 2. The van der Waals surface area contributed by atoms with E-state index in [-0.39, 0.29) is 30.0 Å². The molecule has 0 spiro atoms. The molecule has 3 rings (SSSR count). The number of rotatable bonds is 7. The number of aryl methyl sites for hydroxylation is 1. The zero-order chi connectivity index (χ0) is 18.4. The molecule has 0 bridgehead atoms. The fourth-order valence-corrected chi connectivity index (χ4v) is 3.12. The van der Waals surface area contributed by atoms with Gasteiger partial charge in [-0.2, -0.15) is 10.2 Å². The minimum Gasteiger partial charge on any atom is -0.377 e. The van der Waals surface area contributed by atoms with Crippen LogP contribution in [0.25, 0.3) is 0 Å². The number of hydrogen-bond acceptors (Lipinski definition) is 5. The lowest BCUT2D eigenvalue weighted by Crippen LogP contribution is -2.48. The first-order chi connectivity index (χ1) is 12.7. The molecule has 2 unspecified atom stereocenters. The number of aromatic nitrogens is 5. The van der Waals surface area contributed by atoms with Crippen molar-refractivity contribution >= 4 is 29.9 Å². The summed E-state index contributed by atoms with van der Waals surface area (Å²) in [5, 5.41) is 15.7. The highest BCUT2D eigenvalue weighted by Gasteiger charge is 2.22. The molecule has 2 aromatic rings. The molecule has 2 aromatic heterocycles. The van der Waals surface area contributed by atoms with Crippen molar-refractivity contribution in [3.63, 3.8) is 0 Å². The number of halogens is 1. The lowest BCUT2D eigenvalue weighted by molar-refractivity contribution is 0.177. The number of nitrogens with zero attached hydrogens (tertiary/aromatic N) is 6. The summed E-state index contributed by atoms with van der Waals surface area (Å²) in [7, 11) is 3.46. The molecule has 27 heavy (non-hydrogen) atoms. The van der Waals surface area contributed by atoms with E-state index >= 15 is 0 Å². The molecule has 2 atom stereocenters. The number of methoxy groups -OCH3 is 1. The summed E-state index contributed by atoms with van der Waals surface area (Å²) >= 11 is 0. The standard InChI is InChI=1S/C17H28N8O.HI/c1-13(10-24-8-4-7-20-24)9-19-17(18-2)21-14-5-6-16-22-15(12-26-3)23-25(16)11-14;/h4,7-8,13-14H,5-6,9-12H2,1-3H3,(H2,18,19,21);1H. The average Bonchev–Trinajstić information content (AvgIpc) is 3.27. The van der Waals surface area contributed by atoms with Gasteiger partial charge in [0.2, 0.25) is 0 Å². The third-order valence-electron chi connectivity index (χ3n) is 4.42. The van der Waals surface area contributed by atoms with Crippen LogP contribution in [0.5, 0.6) is 0 Å². The number of nitrogens with one attached hydrogen (secondary N) is 2. The van der Waals surface area contributed by atoms with E-state index in [0.717, 1.165) is 50.1 Å². The quantitative estimate of drug-likeness (QED) is 0.344. The summed E-state index contributed by atoms with van der Waals surface area (Å²) < 4.78 is 9.04. The van der Waals surface area contributed by atoms with Crippen molar-refractivity contribution in [2.75, 3.05) is 20.7 Å². The van der Waals surface area contributed by atoms with E-state index in [0.29, 0.717) is 12.5 Å². The van der Waals surface area contributed by atoms with Gasteiger partial charge in [0.15, 0.2) is 11.8 Å². The molecule has 150 valence electrons. The van der Waals surface area contributed by atoms with Gasteiger partial charge in [-0.25, -0.2) is 9.67 Å². The van der Waals surface area contributed by atoms with Gasteiger partial charge >= 0.3 is 0 Å². The first kappa shape index (κ1) is 21.6. The van der Waals surface area contributed by atoms with Gasteiger partial charge in [-0.1, -0.05) is 6.92 Å². The molecule has 0 aliphatic carbocycles. The molecule has 1 aliphatic rings. The second kappa shape index (κ2) is 10.6. The fourth-order valence-electron chi connectivity index (χ4n) is 3.12. The second-order valence-electron chi connectivity index (χ2n) is 6.73. The van der Waals surface area contributed by atoms with Gasteiger partial charge in [0.1, 0.15) is 12.4 Å². The van der Waals surface area contributed by atoms with Crippen molar-refractivity contribution in [2.45, 2.75) is 45.5 Å². The van der Waals surface area contributed by atoms with Crippen LogP contribution >= 0.6 is 24.0 Å². The van der Waals surface area contributed by atoms with Crippen LogP contribution < -0.4 is 10.6 Å². The van der Waals surface area contributed by atoms with Gasteiger partial charge < -0.3 is 15.4 Å². The van der Waals surface area contributed by atoms with Crippen LogP contribution in [-0.4, -0.2) is 57.2 Å². The Morgan fingerprint density at radius 2 is 2.33 bits per heavy atom. The Kier molecular flexibility index (Phi) is 8.48. The van der Waals surface area contributed by atoms with Crippen molar-refractivity contribution in [1.82, 2.24) is 35.2 Å². The summed E-state index contributed by atoms with van der Waals surface area (Å²) in [6.07, 6.45) is 5.70. The molecule has 1 aliphatic heterocycles. The van der Waals surface area contributed by atoms with E-state index in [1.165, 1.54) is 0 Å². The van der Waals surface area contributed by atoms with Crippen molar-refractivity contribution in [3.8, 4) is 0 Å². The lowest BCUT2D eigenvalue weighted by Gasteiger charge is -2.26. The van der Waals surface area contributed by atoms with Crippen LogP contribution in [0.2, 0.25) is 0 Å². The minimum absolute atomic E-state index is 0. The summed E-state index contributed by atoms with van der Waals surface area (Å²) in [4.78, 5) is 8.86. The van der Waals surface area contributed by atoms with E-state index in [4.69, 9.17) is 4.74 Å². The highest BCUT2D eigenvalue weighted by Crippen LogP contribution is 2.13. The summed E-state index contributed by atoms with van der Waals surface area (Å²) in [5.74, 6) is 3.05. The Balaban J connectivity index is 0.00000261. The first-order valence-corrected chi connectivity index (χ1v) is 9.04. The maximum Gasteiger partial charge on any atom is 0.191 e. The van der Waals surface area contributed by atoms with E-state index in [1.807, 2.05) is 21.6 Å². The third-order valence-corrected chi connectivity index (χ3v) is 4.42. The number of aliphatic imine (C=N–C) groups is 1. The Bertz CT molecular complexity index is 715. The number of fused-ring (bicyclic) bond motifs is 1. The highest BCUT2D eigenvalue weighted by atomic mass is 127. The van der Waals surface area contributed by atoms with Gasteiger partial charge in [-0.05, 0) is 18.4 Å². The predicted molar refractivity (Wildman–Crippen MR) is 114 cm³/mol. The first-order valence-electron chi connectivity index (χ1n) is 9.04. The molecule has 0 amide bonds. The topological polar surface area (TPSA) is 94.2 Å². The van der Waals surface area contributed by atoms with E-state index < -0.39 is 0 Å². The number of ether oxygens (including phenoxy) is 1. The van der Waals surface area contributed by atoms with E-state index in [1.54, 1.807) is 20.4 Å². The molecule has 10 heteroatoms. The third kappa shape index (κ3) is 6.16. The average molecular weight is 488 g/mol. The van der Waals surface area contributed by atoms with Crippen LogP contribution in [0.1, 0.15) is 25.0 Å². The van der Waals surface area contributed by atoms with E-state index in [2.05, 4.69) is 37.7 Å². The highest BCUT2D eigenvalue weighted by molar-refractivity contribution is 14.0. The smallest absolute Gasteiger partial charge is 0.191 e. The van der Waals surface area contributed by atoms with E-state index in [9.17, 15) is 0 Å². The van der Waals surface area contributed by atoms with Crippen LogP contribution in [0.4, 0.5) is 0 Å². The Labute approximate surface area is 177 Å². The lowest BCUT2D eigenvalue weighted by atomic mass is 10.1. The molecule has 0 fully saturated rings. The monoisotopic (exact) mass is 488 g/mol. The van der Waals surface area contributed by atoms with Crippen LogP contribution in [0.15, 0.2) is 23.5 Å². The molecular formula is C17H29IN8O. The molecular weight excluding hydrogens is 459 g/mol. The van der Waals surface area contributed by atoms with Crippen molar-refractivity contribution < 1.29 is 4.74 Å². The maximum absolute atomic E-state index is 5.12. The molecule has 0 saturated heterocycles. The van der Waals surface area contributed by atoms with Gasteiger partial charge in [0, 0.05) is 52.1 Å². The van der Waals surface area contributed by atoms with Crippen LogP contribution in [0.3, 0.4) is 0 Å². The van der Waals surface area contributed by atoms with Crippen LogP contribution in [0, 0.1) is 5.92 Å². The second-order valence-corrected chi connectivity index (χ2v) is 6.73. The molecule has 0 saturated carbocycles. The van der Waals surface area contributed by atoms with Crippen molar-refractivity contribution in [1.29, 1.82) is 0 Å². The molecule has 2 N–H and O–H groups in total. The zero-order valence-corrected chi connectivity index (χ0v) is 18.5. The summed E-state index contributed by atoms with van der Waals surface area (Å²) in [6, 6.07) is 2.23. The van der Waals surface area contributed by atoms with Crippen LogP contribution in [-0.2, 0) is 30.9 Å². The Hall–Kier alpha value is -1.69. The zero-order valence-electron chi connectivity index (χ0n) is 16.1. The fraction of sp³-hybridized carbons (Fsp3) is 0.647. The summed E-state index contributed by atoms with van der Waals surface area (Å²) in [5.41, 5.74) is 0. The van der Waals surface area contributed by atoms with Gasteiger partial charge in [-0.3, -0.25) is 9.67 Å². The SMILES string of the molecule is CN=C(NCC(C)Cn1cccn1)NC1CCc2nc(COC)nn2C1.I. The number of guanidine groups is 1. The van der Waals surface area contributed by atoms with Crippen molar-refractivity contribution in [2.24, 2.45) is 10.9 Å². The predicted octanol–water partition coefficient (Wildman–Crippen LogP) is 1.06. The Morgan fingerprint density at radius 3 is 3.04 bits per heavy atom. The van der Waals surface area contributed by atoms with Gasteiger partial charge in [0.05, 0.1) is 6.54 Å². The molecule has 0 radical (unpaired) electrons. The normalized spacial score (nSPS) is 17.7. The molecule has 9 nitrogen and oxygen atoms in total. The Morgan fingerprint density at radius 1 is 1.48 bits per heavy atom. The molecule has 3 heterocycles. The van der Waals surface area contributed by atoms with Crippen molar-refractivity contribution in [3.05, 3.63) is 30.1 Å². The molecule has 0 aromatic carbocycles. The maximum atomic E-state index is 5.12. The summed E-state index contributed by atoms with van der Waals surface area (Å²) in [6.45, 7) is 5.15.